The first-order valence-corrected chi connectivity index (χ1v) is 9.43. The molecule has 2 aromatic carbocycles. The third-order valence-electron chi connectivity index (χ3n) is 3.80. The highest BCUT2D eigenvalue weighted by atomic mass is 32.2. The van der Waals surface area contributed by atoms with Crippen LogP contribution in [0.15, 0.2) is 59.8 Å². The van der Waals surface area contributed by atoms with E-state index in [0.717, 1.165) is 29.5 Å². The number of hydrogen-bond donors (Lipinski definition) is 0. The van der Waals surface area contributed by atoms with Crippen LogP contribution in [-0.4, -0.2) is 14.8 Å². The fourth-order valence-electron chi connectivity index (χ4n) is 2.66. The molecule has 0 atom stereocenters. The highest BCUT2D eigenvalue weighted by Gasteiger charge is 2.14. The van der Waals surface area contributed by atoms with Crippen molar-refractivity contribution < 1.29 is 4.39 Å². The van der Waals surface area contributed by atoms with Gasteiger partial charge in [-0.15, -0.1) is 10.2 Å². The molecule has 0 saturated carbocycles. The van der Waals surface area contributed by atoms with Crippen LogP contribution in [-0.2, 0) is 18.7 Å². The van der Waals surface area contributed by atoms with E-state index in [-0.39, 0.29) is 5.82 Å². The van der Waals surface area contributed by atoms with Gasteiger partial charge in [-0.25, -0.2) is 4.39 Å². The van der Waals surface area contributed by atoms with Crippen LogP contribution in [0.25, 0.3) is 0 Å². The van der Waals surface area contributed by atoms with Gasteiger partial charge in [-0.1, -0.05) is 68.1 Å². The molecule has 1 aromatic heterocycles. The molecule has 0 aliphatic carbocycles. The minimum atomic E-state index is -0.202. The van der Waals surface area contributed by atoms with Crippen LogP contribution in [0.4, 0.5) is 4.39 Å². The average molecular weight is 355 g/mol. The van der Waals surface area contributed by atoms with E-state index in [1.54, 1.807) is 23.9 Å². The van der Waals surface area contributed by atoms with E-state index in [4.69, 9.17) is 0 Å². The van der Waals surface area contributed by atoms with Gasteiger partial charge in [-0.2, -0.15) is 0 Å². The Morgan fingerprint density at radius 2 is 1.76 bits per heavy atom. The maximum atomic E-state index is 13.3. The molecule has 0 aliphatic rings. The van der Waals surface area contributed by atoms with Crippen LogP contribution in [0.5, 0.6) is 0 Å². The average Bonchev–Trinajstić information content (AvgIpc) is 2.95. The summed E-state index contributed by atoms with van der Waals surface area (Å²) in [6, 6.07) is 17.0. The highest BCUT2D eigenvalue weighted by molar-refractivity contribution is 7.98. The Morgan fingerprint density at radius 3 is 2.48 bits per heavy atom. The zero-order valence-corrected chi connectivity index (χ0v) is 15.3. The van der Waals surface area contributed by atoms with Crippen molar-refractivity contribution in [2.24, 2.45) is 5.92 Å². The summed E-state index contributed by atoms with van der Waals surface area (Å²) >= 11 is 1.60. The number of hydrogen-bond acceptors (Lipinski definition) is 3. The third kappa shape index (κ3) is 4.92. The fraction of sp³-hybridized carbons (Fsp3) is 0.300. The summed E-state index contributed by atoms with van der Waals surface area (Å²) in [5, 5.41) is 9.69. The Kier molecular flexibility index (Phi) is 5.87. The molecule has 3 nitrogen and oxygen atoms in total. The first-order valence-electron chi connectivity index (χ1n) is 8.45. The number of aromatic nitrogens is 3. The molecule has 130 valence electrons. The Balaban J connectivity index is 1.78. The van der Waals surface area contributed by atoms with Gasteiger partial charge in [-0.3, -0.25) is 0 Å². The fourth-order valence-corrected chi connectivity index (χ4v) is 3.57. The lowest BCUT2D eigenvalue weighted by molar-refractivity contribution is 0.482. The molecule has 0 radical (unpaired) electrons. The highest BCUT2D eigenvalue weighted by Crippen LogP contribution is 2.24. The minimum Gasteiger partial charge on any atom is -0.305 e. The van der Waals surface area contributed by atoms with Gasteiger partial charge in [-0.05, 0) is 29.2 Å². The maximum absolute atomic E-state index is 13.3. The normalized spacial score (nSPS) is 11.2. The number of nitrogens with zero attached hydrogens (tertiary/aromatic N) is 3. The third-order valence-corrected chi connectivity index (χ3v) is 4.84. The van der Waals surface area contributed by atoms with Gasteiger partial charge in [0.25, 0.3) is 0 Å². The predicted octanol–water partition coefficient (Wildman–Crippen LogP) is 4.96. The number of thioether (sulfide) groups is 1. The summed E-state index contributed by atoms with van der Waals surface area (Å²) < 4.78 is 15.5. The standard InChI is InChI=1S/C20H22FN3S/c1-15(2)13-24-19(12-16-7-4-3-5-8-16)22-23-20(24)25-14-17-9-6-10-18(21)11-17/h3-11,15H,12-14H2,1-2H3. The zero-order chi connectivity index (χ0) is 17.6. The molecule has 0 spiro atoms. The molecule has 0 bridgehead atoms. The first kappa shape index (κ1) is 17.7. The SMILES string of the molecule is CC(C)Cn1c(Cc2ccccc2)nnc1SCc1cccc(F)c1. The number of benzene rings is 2. The zero-order valence-electron chi connectivity index (χ0n) is 14.5. The molecule has 0 fully saturated rings. The molecule has 5 heteroatoms. The van der Waals surface area contributed by atoms with Gasteiger partial charge < -0.3 is 4.57 Å². The molecular weight excluding hydrogens is 333 g/mol. The van der Waals surface area contributed by atoms with Crippen molar-refractivity contribution in [3.63, 3.8) is 0 Å². The smallest absolute Gasteiger partial charge is 0.191 e. The van der Waals surface area contributed by atoms with E-state index in [2.05, 4.69) is 40.7 Å². The molecule has 0 saturated heterocycles. The molecule has 0 aliphatic heterocycles. The van der Waals surface area contributed by atoms with E-state index in [1.165, 1.54) is 11.6 Å². The van der Waals surface area contributed by atoms with Crippen molar-refractivity contribution in [3.8, 4) is 0 Å². The Hall–Kier alpha value is -2.14. The molecule has 0 unspecified atom stereocenters. The summed E-state index contributed by atoms with van der Waals surface area (Å²) in [6.07, 6.45) is 0.765. The van der Waals surface area contributed by atoms with Crippen molar-refractivity contribution in [2.75, 3.05) is 0 Å². The second kappa shape index (κ2) is 8.30. The van der Waals surface area contributed by atoms with Gasteiger partial charge in [0, 0.05) is 18.7 Å². The van der Waals surface area contributed by atoms with Crippen molar-refractivity contribution in [2.45, 2.75) is 37.7 Å². The largest absolute Gasteiger partial charge is 0.305 e. The Labute approximate surface area is 152 Å². The van der Waals surface area contributed by atoms with E-state index in [0.29, 0.717) is 11.7 Å². The van der Waals surface area contributed by atoms with Crippen LogP contribution >= 0.6 is 11.8 Å². The van der Waals surface area contributed by atoms with Crippen LogP contribution in [0.3, 0.4) is 0 Å². The molecule has 25 heavy (non-hydrogen) atoms. The van der Waals surface area contributed by atoms with Crippen LogP contribution in [0.1, 0.15) is 30.8 Å². The lowest BCUT2D eigenvalue weighted by Gasteiger charge is -2.12. The quantitative estimate of drug-likeness (QED) is 0.562. The lowest BCUT2D eigenvalue weighted by atomic mass is 10.1. The van der Waals surface area contributed by atoms with Crippen molar-refractivity contribution in [1.29, 1.82) is 0 Å². The molecule has 3 rings (SSSR count). The molecule has 3 aromatic rings. The van der Waals surface area contributed by atoms with E-state index in [9.17, 15) is 4.39 Å². The number of halogens is 1. The minimum absolute atomic E-state index is 0.202. The lowest BCUT2D eigenvalue weighted by Crippen LogP contribution is -2.10. The topological polar surface area (TPSA) is 30.7 Å². The van der Waals surface area contributed by atoms with E-state index < -0.39 is 0 Å². The molecule has 0 N–H and O–H groups in total. The van der Waals surface area contributed by atoms with Crippen molar-refractivity contribution in [3.05, 3.63) is 77.4 Å². The summed E-state index contributed by atoms with van der Waals surface area (Å²) in [6.45, 7) is 5.25. The number of rotatable bonds is 7. The maximum Gasteiger partial charge on any atom is 0.191 e. The van der Waals surface area contributed by atoms with Crippen LogP contribution in [0.2, 0.25) is 0 Å². The monoisotopic (exact) mass is 355 g/mol. The second-order valence-corrected chi connectivity index (χ2v) is 7.43. The summed E-state index contributed by atoms with van der Waals surface area (Å²) in [7, 11) is 0. The molecule has 0 amide bonds. The Bertz CT molecular complexity index is 815. The Morgan fingerprint density at radius 1 is 1.00 bits per heavy atom. The van der Waals surface area contributed by atoms with Crippen molar-refractivity contribution in [1.82, 2.24) is 14.8 Å². The second-order valence-electron chi connectivity index (χ2n) is 6.48. The van der Waals surface area contributed by atoms with Gasteiger partial charge >= 0.3 is 0 Å². The van der Waals surface area contributed by atoms with Crippen molar-refractivity contribution >= 4 is 11.8 Å². The summed E-state index contributed by atoms with van der Waals surface area (Å²) in [4.78, 5) is 0. The van der Waals surface area contributed by atoms with Crippen LogP contribution in [0, 0.1) is 11.7 Å². The predicted molar refractivity (Wildman–Crippen MR) is 100 cm³/mol. The van der Waals surface area contributed by atoms with Gasteiger partial charge in [0.1, 0.15) is 11.6 Å². The molecular formula is C20H22FN3S. The molecule has 1 heterocycles. The van der Waals surface area contributed by atoms with E-state index in [1.807, 2.05) is 24.3 Å². The summed E-state index contributed by atoms with van der Waals surface area (Å²) in [5.74, 6) is 1.95. The summed E-state index contributed by atoms with van der Waals surface area (Å²) in [5.41, 5.74) is 2.18. The van der Waals surface area contributed by atoms with E-state index >= 15 is 0 Å². The van der Waals surface area contributed by atoms with Gasteiger partial charge in [0.15, 0.2) is 5.16 Å². The van der Waals surface area contributed by atoms with Crippen LogP contribution < -0.4 is 0 Å². The first-order chi connectivity index (χ1) is 12.1. The van der Waals surface area contributed by atoms with Gasteiger partial charge in [0.2, 0.25) is 0 Å². The van der Waals surface area contributed by atoms with Gasteiger partial charge in [0.05, 0.1) is 0 Å².